The summed E-state index contributed by atoms with van der Waals surface area (Å²) in [4.78, 5) is 7.03. The highest BCUT2D eigenvalue weighted by molar-refractivity contribution is 7.89. The van der Waals surface area contributed by atoms with Gasteiger partial charge in [-0.1, -0.05) is 30.3 Å². The Morgan fingerprint density at radius 1 is 1.13 bits per heavy atom. The quantitative estimate of drug-likeness (QED) is 0.625. The van der Waals surface area contributed by atoms with Gasteiger partial charge >= 0.3 is 0 Å². The van der Waals surface area contributed by atoms with Crippen molar-refractivity contribution in [3.8, 4) is 5.75 Å². The van der Waals surface area contributed by atoms with Gasteiger partial charge in [0.15, 0.2) is 0 Å². The summed E-state index contributed by atoms with van der Waals surface area (Å²) in [5, 5.41) is 0.822. The molecule has 4 rings (SSSR count). The van der Waals surface area contributed by atoms with Crippen LogP contribution < -0.4 is 9.46 Å². The summed E-state index contributed by atoms with van der Waals surface area (Å²) in [6.45, 7) is 3.85. The van der Waals surface area contributed by atoms with E-state index in [-0.39, 0.29) is 4.90 Å². The van der Waals surface area contributed by atoms with Crippen LogP contribution in [0.1, 0.15) is 30.1 Å². The van der Waals surface area contributed by atoms with E-state index < -0.39 is 10.0 Å². The van der Waals surface area contributed by atoms with Gasteiger partial charge in [0.2, 0.25) is 10.0 Å². The number of hydrogen-bond donors (Lipinski definition) is 1. The summed E-state index contributed by atoms with van der Waals surface area (Å²) in [6.07, 6.45) is 2.18. The third-order valence-electron chi connectivity index (χ3n) is 5.67. The number of hydrogen-bond acceptors (Lipinski definition) is 5. The fourth-order valence-electron chi connectivity index (χ4n) is 4.13. The predicted molar refractivity (Wildman–Crippen MR) is 118 cm³/mol. The van der Waals surface area contributed by atoms with Crippen molar-refractivity contribution >= 4 is 20.9 Å². The minimum absolute atomic E-state index is 0.233. The number of fused-ring (bicyclic) bond motifs is 1. The molecule has 0 aliphatic carbocycles. The lowest BCUT2D eigenvalue weighted by Gasteiger charge is -2.25. The van der Waals surface area contributed by atoms with Gasteiger partial charge in [-0.2, -0.15) is 0 Å². The van der Waals surface area contributed by atoms with Crippen molar-refractivity contribution in [2.75, 3.05) is 26.7 Å². The van der Waals surface area contributed by atoms with Crippen LogP contribution in [0.3, 0.4) is 0 Å². The molecule has 7 heteroatoms. The van der Waals surface area contributed by atoms with Crippen LogP contribution in [0, 0.1) is 6.92 Å². The van der Waals surface area contributed by atoms with Gasteiger partial charge in [-0.15, -0.1) is 0 Å². The van der Waals surface area contributed by atoms with Crippen LogP contribution in [-0.4, -0.2) is 45.0 Å². The smallest absolute Gasteiger partial charge is 0.242 e. The van der Waals surface area contributed by atoms with Gasteiger partial charge in [0.05, 0.1) is 12.6 Å². The van der Waals surface area contributed by atoms with E-state index in [1.165, 1.54) is 5.56 Å². The molecule has 1 aromatic heterocycles. The number of para-hydroxylation sites is 1. The monoisotopic (exact) mass is 425 g/mol. The molecule has 2 aromatic carbocycles. The van der Waals surface area contributed by atoms with Crippen molar-refractivity contribution in [3.63, 3.8) is 0 Å². The molecule has 1 saturated heterocycles. The average molecular weight is 426 g/mol. The largest absolute Gasteiger partial charge is 0.497 e. The molecule has 0 saturated carbocycles. The number of nitrogens with one attached hydrogen (secondary N) is 1. The number of nitrogens with zero attached hydrogens (tertiary/aromatic N) is 2. The lowest BCUT2D eigenvalue weighted by Crippen LogP contribution is -2.34. The van der Waals surface area contributed by atoms with Crippen molar-refractivity contribution in [1.29, 1.82) is 0 Å². The van der Waals surface area contributed by atoms with E-state index in [1.54, 1.807) is 19.2 Å². The zero-order valence-electron chi connectivity index (χ0n) is 17.3. The van der Waals surface area contributed by atoms with Gasteiger partial charge in [0.1, 0.15) is 10.6 Å². The SMILES string of the molecule is COc1ccc(C2CCCN2CCNS(=O)(=O)c2cccc3ccc(C)nc23)cc1. The highest BCUT2D eigenvalue weighted by atomic mass is 32.2. The molecule has 0 amide bonds. The third-order valence-corrected chi connectivity index (χ3v) is 7.16. The third kappa shape index (κ3) is 4.33. The molecule has 1 N–H and O–H groups in total. The van der Waals surface area contributed by atoms with E-state index in [1.807, 2.05) is 37.3 Å². The molecule has 30 heavy (non-hydrogen) atoms. The molecule has 1 fully saturated rings. The zero-order valence-corrected chi connectivity index (χ0v) is 18.2. The van der Waals surface area contributed by atoms with Gasteiger partial charge in [-0.05, 0) is 56.1 Å². The van der Waals surface area contributed by atoms with Crippen LogP contribution in [0.4, 0.5) is 0 Å². The zero-order chi connectivity index (χ0) is 21.1. The molecule has 2 heterocycles. The van der Waals surface area contributed by atoms with Gasteiger partial charge in [0.25, 0.3) is 0 Å². The molecule has 0 spiro atoms. The second kappa shape index (κ2) is 8.71. The van der Waals surface area contributed by atoms with E-state index in [9.17, 15) is 8.42 Å². The fraction of sp³-hybridized carbons (Fsp3) is 0.348. The summed E-state index contributed by atoms with van der Waals surface area (Å²) < 4.78 is 34.0. The first kappa shape index (κ1) is 20.8. The lowest BCUT2D eigenvalue weighted by atomic mass is 10.0. The molecule has 0 radical (unpaired) electrons. The van der Waals surface area contributed by atoms with Crippen LogP contribution in [0.5, 0.6) is 5.75 Å². The summed E-state index contributed by atoms with van der Waals surface area (Å²) in [6, 6.07) is 17.5. The van der Waals surface area contributed by atoms with Crippen LogP contribution in [0.25, 0.3) is 10.9 Å². The number of pyridine rings is 1. The number of sulfonamides is 1. The summed E-state index contributed by atoms with van der Waals surface area (Å²) in [7, 11) is -1.98. The number of likely N-dealkylation sites (tertiary alicyclic amines) is 1. The van der Waals surface area contributed by atoms with E-state index >= 15 is 0 Å². The molecular formula is C23H27N3O3S. The Hall–Kier alpha value is -2.48. The van der Waals surface area contributed by atoms with Crippen molar-refractivity contribution in [1.82, 2.24) is 14.6 Å². The topological polar surface area (TPSA) is 71.5 Å². The first-order chi connectivity index (χ1) is 14.5. The maximum atomic E-state index is 13.0. The Bertz CT molecular complexity index is 1130. The molecule has 1 atom stereocenters. The Morgan fingerprint density at radius 2 is 1.93 bits per heavy atom. The average Bonchev–Trinajstić information content (AvgIpc) is 3.21. The van der Waals surface area contributed by atoms with Gasteiger partial charge in [-0.25, -0.2) is 13.1 Å². The van der Waals surface area contributed by atoms with Crippen molar-refractivity contribution in [2.45, 2.75) is 30.7 Å². The molecule has 1 aliphatic rings. The molecule has 0 bridgehead atoms. The van der Waals surface area contributed by atoms with E-state index in [2.05, 4.69) is 26.7 Å². The molecule has 158 valence electrons. The summed E-state index contributed by atoms with van der Waals surface area (Å²) in [5.41, 5.74) is 2.55. The molecule has 1 unspecified atom stereocenters. The fourth-order valence-corrected chi connectivity index (χ4v) is 5.32. The first-order valence-electron chi connectivity index (χ1n) is 10.2. The number of aromatic nitrogens is 1. The van der Waals surface area contributed by atoms with E-state index in [4.69, 9.17) is 4.74 Å². The molecule has 1 aliphatic heterocycles. The van der Waals surface area contributed by atoms with Crippen LogP contribution in [0.2, 0.25) is 0 Å². The Balaban J connectivity index is 1.45. The minimum atomic E-state index is -3.64. The van der Waals surface area contributed by atoms with Crippen LogP contribution in [0.15, 0.2) is 59.5 Å². The predicted octanol–water partition coefficient (Wildman–Crippen LogP) is 3.67. The van der Waals surface area contributed by atoms with Crippen molar-refractivity contribution in [2.24, 2.45) is 0 Å². The number of methoxy groups -OCH3 is 1. The van der Waals surface area contributed by atoms with Crippen molar-refractivity contribution < 1.29 is 13.2 Å². The highest BCUT2D eigenvalue weighted by Gasteiger charge is 2.26. The van der Waals surface area contributed by atoms with Crippen molar-refractivity contribution in [3.05, 3.63) is 65.9 Å². The number of rotatable bonds is 7. The minimum Gasteiger partial charge on any atom is -0.497 e. The lowest BCUT2D eigenvalue weighted by molar-refractivity contribution is 0.261. The van der Waals surface area contributed by atoms with E-state index in [0.717, 1.165) is 36.2 Å². The van der Waals surface area contributed by atoms with Crippen LogP contribution >= 0.6 is 0 Å². The maximum Gasteiger partial charge on any atom is 0.242 e. The highest BCUT2D eigenvalue weighted by Crippen LogP contribution is 2.32. The van der Waals surface area contributed by atoms with Gasteiger partial charge in [0, 0.05) is 30.2 Å². The second-order valence-electron chi connectivity index (χ2n) is 7.65. The summed E-state index contributed by atoms with van der Waals surface area (Å²) in [5.74, 6) is 0.843. The number of benzene rings is 2. The van der Waals surface area contributed by atoms with Gasteiger partial charge in [-0.3, -0.25) is 9.88 Å². The number of ether oxygens (including phenoxy) is 1. The van der Waals surface area contributed by atoms with E-state index in [0.29, 0.717) is 24.6 Å². The maximum absolute atomic E-state index is 13.0. The normalized spacial score (nSPS) is 17.5. The Labute approximate surface area is 177 Å². The Kier molecular flexibility index (Phi) is 6.04. The first-order valence-corrected chi connectivity index (χ1v) is 11.7. The molecular weight excluding hydrogens is 398 g/mol. The molecule has 6 nitrogen and oxygen atoms in total. The summed E-state index contributed by atoms with van der Waals surface area (Å²) >= 11 is 0. The molecule has 3 aromatic rings. The van der Waals surface area contributed by atoms with Crippen LogP contribution in [-0.2, 0) is 10.0 Å². The number of aryl methyl sites for hydroxylation is 1. The van der Waals surface area contributed by atoms with Gasteiger partial charge < -0.3 is 4.74 Å². The standard InChI is InChI=1S/C23H27N3O3S/c1-17-8-9-19-5-3-7-22(23(19)25-17)30(27,28)24-14-16-26-15-4-6-21(26)18-10-12-20(29-2)13-11-18/h3,5,7-13,21,24H,4,6,14-16H2,1-2H3. The second-order valence-corrected chi connectivity index (χ2v) is 9.38. The Morgan fingerprint density at radius 3 is 2.70 bits per heavy atom.